The Bertz CT molecular complexity index is 396. The maximum atomic E-state index is 10.9. The van der Waals surface area contributed by atoms with Crippen molar-refractivity contribution in [2.45, 2.75) is 12.5 Å². The number of nitro groups is 1. The smallest absolute Gasteiger partial charge is 0.311 e. The van der Waals surface area contributed by atoms with Gasteiger partial charge in [0.25, 0.3) is 0 Å². The number of aromatic nitrogens is 1. The highest BCUT2D eigenvalue weighted by molar-refractivity contribution is 5.85. The average Bonchev–Trinajstić information content (AvgIpc) is 2.81. The van der Waals surface area contributed by atoms with Gasteiger partial charge >= 0.3 is 5.69 Å². The van der Waals surface area contributed by atoms with Crippen molar-refractivity contribution in [3.8, 4) is 0 Å². The van der Waals surface area contributed by atoms with E-state index in [1.54, 1.807) is 12.3 Å². The predicted octanol–water partition coefficient (Wildman–Crippen LogP) is 1.21. The number of likely N-dealkylation sites (N-methyl/N-ethyl adjacent to an activating group) is 1. The summed E-state index contributed by atoms with van der Waals surface area (Å²) in [7, 11) is 1.85. The van der Waals surface area contributed by atoms with Crippen LogP contribution >= 0.6 is 12.4 Å². The van der Waals surface area contributed by atoms with Gasteiger partial charge in [-0.1, -0.05) is 0 Å². The van der Waals surface area contributed by atoms with Crippen molar-refractivity contribution in [2.75, 3.05) is 25.0 Å². The SMILES string of the molecule is CN(c1ncccc1[N+](=O)[O-])C1CCNC1.Cl. The van der Waals surface area contributed by atoms with Crippen molar-refractivity contribution in [3.63, 3.8) is 0 Å². The summed E-state index contributed by atoms with van der Waals surface area (Å²) in [6, 6.07) is 3.36. The van der Waals surface area contributed by atoms with Crippen LogP contribution in [0, 0.1) is 10.1 Å². The first-order valence-corrected chi connectivity index (χ1v) is 5.23. The molecule has 17 heavy (non-hydrogen) atoms. The quantitative estimate of drug-likeness (QED) is 0.652. The Kier molecular flexibility index (Phi) is 4.65. The van der Waals surface area contributed by atoms with E-state index in [1.807, 2.05) is 11.9 Å². The van der Waals surface area contributed by atoms with Gasteiger partial charge in [0.1, 0.15) is 0 Å². The summed E-state index contributed by atoms with van der Waals surface area (Å²) >= 11 is 0. The molecule has 7 heteroatoms. The van der Waals surface area contributed by atoms with Gasteiger partial charge in [0.05, 0.1) is 4.92 Å². The molecule has 94 valence electrons. The minimum atomic E-state index is -0.388. The molecule has 1 aliphatic heterocycles. The zero-order chi connectivity index (χ0) is 11.5. The molecule has 0 aliphatic carbocycles. The third-order valence-electron chi connectivity index (χ3n) is 2.88. The maximum absolute atomic E-state index is 10.9. The molecule has 2 heterocycles. The third-order valence-corrected chi connectivity index (χ3v) is 2.88. The van der Waals surface area contributed by atoms with Gasteiger partial charge < -0.3 is 10.2 Å². The lowest BCUT2D eigenvalue weighted by atomic mass is 10.2. The van der Waals surface area contributed by atoms with Crippen LogP contribution in [-0.2, 0) is 0 Å². The number of rotatable bonds is 3. The van der Waals surface area contributed by atoms with Crippen molar-refractivity contribution in [1.82, 2.24) is 10.3 Å². The Balaban J connectivity index is 0.00000144. The maximum Gasteiger partial charge on any atom is 0.311 e. The van der Waals surface area contributed by atoms with Crippen molar-refractivity contribution in [2.24, 2.45) is 0 Å². The van der Waals surface area contributed by atoms with E-state index in [2.05, 4.69) is 10.3 Å². The number of halogens is 1. The van der Waals surface area contributed by atoms with Gasteiger partial charge in [-0.15, -0.1) is 12.4 Å². The fraction of sp³-hybridized carbons (Fsp3) is 0.500. The van der Waals surface area contributed by atoms with E-state index in [4.69, 9.17) is 0 Å². The lowest BCUT2D eigenvalue weighted by molar-refractivity contribution is -0.384. The van der Waals surface area contributed by atoms with Gasteiger partial charge in [-0.3, -0.25) is 10.1 Å². The second-order valence-corrected chi connectivity index (χ2v) is 3.86. The number of anilines is 1. The summed E-state index contributed by atoms with van der Waals surface area (Å²) in [5.41, 5.74) is 0.0666. The highest BCUT2D eigenvalue weighted by Gasteiger charge is 2.25. The van der Waals surface area contributed by atoms with Gasteiger partial charge in [-0.05, 0) is 19.0 Å². The molecule has 0 bridgehead atoms. The number of nitrogens with zero attached hydrogens (tertiary/aromatic N) is 3. The highest BCUT2D eigenvalue weighted by Crippen LogP contribution is 2.26. The van der Waals surface area contributed by atoms with Crippen LogP contribution < -0.4 is 10.2 Å². The van der Waals surface area contributed by atoms with E-state index in [9.17, 15) is 10.1 Å². The Morgan fingerprint density at radius 3 is 3.00 bits per heavy atom. The molecule has 0 aromatic carbocycles. The Morgan fingerprint density at radius 1 is 1.65 bits per heavy atom. The molecule has 0 radical (unpaired) electrons. The van der Waals surface area contributed by atoms with Crippen LogP contribution in [-0.4, -0.2) is 36.1 Å². The first-order chi connectivity index (χ1) is 7.70. The molecule has 6 nitrogen and oxygen atoms in total. The molecular formula is C10H15ClN4O2. The number of pyridine rings is 1. The number of nitrogens with one attached hydrogen (secondary N) is 1. The van der Waals surface area contributed by atoms with Gasteiger partial charge in [0.15, 0.2) is 0 Å². The summed E-state index contributed by atoms with van der Waals surface area (Å²) < 4.78 is 0. The zero-order valence-corrected chi connectivity index (χ0v) is 10.3. The van der Waals surface area contributed by atoms with Crippen molar-refractivity contribution >= 4 is 23.9 Å². The molecular weight excluding hydrogens is 244 g/mol. The normalized spacial score (nSPS) is 18.5. The fourth-order valence-corrected chi connectivity index (χ4v) is 1.95. The van der Waals surface area contributed by atoms with Crippen LogP contribution in [0.2, 0.25) is 0 Å². The summed E-state index contributed by atoms with van der Waals surface area (Å²) in [5.74, 6) is 0.446. The van der Waals surface area contributed by atoms with E-state index in [0.29, 0.717) is 5.82 Å². The molecule has 0 spiro atoms. The van der Waals surface area contributed by atoms with Crippen LogP contribution in [0.3, 0.4) is 0 Å². The first kappa shape index (κ1) is 13.7. The Hall–Kier alpha value is -1.40. The van der Waals surface area contributed by atoms with Crippen molar-refractivity contribution in [1.29, 1.82) is 0 Å². The summed E-state index contributed by atoms with van der Waals surface area (Å²) in [5, 5.41) is 14.1. The van der Waals surface area contributed by atoms with E-state index < -0.39 is 0 Å². The van der Waals surface area contributed by atoms with Crippen LogP contribution in [0.1, 0.15) is 6.42 Å². The second kappa shape index (κ2) is 5.79. The van der Waals surface area contributed by atoms with Gasteiger partial charge in [0.2, 0.25) is 5.82 Å². The standard InChI is InChI=1S/C10H14N4O2.ClH/c1-13(8-4-6-11-7-8)10-9(14(15)16)3-2-5-12-10;/h2-3,5,8,11H,4,6-7H2,1H3;1H. The lowest BCUT2D eigenvalue weighted by Crippen LogP contribution is -2.34. The number of hydrogen-bond acceptors (Lipinski definition) is 5. The third kappa shape index (κ3) is 2.83. The van der Waals surface area contributed by atoms with Crippen LogP contribution in [0.15, 0.2) is 18.3 Å². The van der Waals surface area contributed by atoms with E-state index in [1.165, 1.54) is 6.07 Å². The van der Waals surface area contributed by atoms with Crippen LogP contribution in [0.4, 0.5) is 11.5 Å². The molecule has 1 aromatic rings. The second-order valence-electron chi connectivity index (χ2n) is 3.86. The Labute approximate surface area is 106 Å². The van der Waals surface area contributed by atoms with Crippen LogP contribution in [0.5, 0.6) is 0 Å². The van der Waals surface area contributed by atoms with E-state index in [0.717, 1.165) is 19.5 Å². The monoisotopic (exact) mass is 258 g/mol. The molecule has 1 fully saturated rings. The molecule has 1 saturated heterocycles. The molecule has 2 rings (SSSR count). The van der Waals surface area contributed by atoms with Crippen molar-refractivity contribution < 1.29 is 4.92 Å². The van der Waals surface area contributed by atoms with E-state index in [-0.39, 0.29) is 29.1 Å². The number of hydrogen-bond donors (Lipinski definition) is 1. The molecule has 1 N–H and O–H groups in total. The summed E-state index contributed by atoms with van der Waals surface area (Å²) in [6.07, 6.45) is 2.57. The minimum absolute atomic E-state index is 0. The Morgan fingerprint density at radius 2 is 2.41 bits per heavy atom. The molecule has 1 aliphatic rings. The fourth-order valence-electron chi connectivity index (χ4n) is 1.95. The van der Waals surface area contributed by atoms with Crippen LogP contribution in [0.25, 0.3) is 0 Å². The topological polar surface area (TPSA) is 71.3 Å². The zero-order valence-electron chi connectivity index (χ0n) is 9.50. The van der Waals surface area contributed by atoms with Crippen molar-refractivity contribution in [3.05, 3.63) is 28.4 Å². The molecule has 1 unspecified atom stereocenters. The van der Waals surface area contributed by atoms with Gasteiger partial charge in [-0.25, -0.2) is 4.98 Å². The molecule has 1 atom stereocenters. The molecule has 0 amide bonds. The largest absolute Gasteiger partial charge is 0.350 e. The van der Waals surface area contributed by atoms with Gasteiger partial charge in [0, 0.05) is 31.9 Å². The highest BCUT2D eigenvalue weighted by atomic mass is 35.5. The van der Waals surface area contributed by atoms with E-state index >= 15 is 0 Å². The van der Waals surface area contributed by atoms with Gasteiger partial charge in [-0.2, -0.15) is 0 Å². The minimum Gasteiger partial charge on any atom is -0.350 e. The summed E-state index contributed by atoms with van der Waals surface area (Å²) in [6.45, 7) is 1.81. The summed E-state index contributed by atoms with van der Waals surface area (Å²) in [4.78, 5) is 16.5. The molecule has 0 saturated carbocycles. The lowest BCUT2D eigenvalue weighted by Gasteiger charge is -2.24. The molecule has 1 aromatic heterocycles. The average molecular weight is 259 g/mol. The predicted molar refractivity (Wildman–Crippen MR) is 67.8 cm³/mol. The first-order valence-electron chi connectivity index (χ1n) is 5.23.